The highest BCUT2D eigenvalue weighted by molar-refractivity contribution is 5.29. The van der Waals surface area contributed by atoms with E-state index in [2.05, 4.69) is 12.1 Å². The van der Waals surface area contributed by atoms with E-state index in [1.165, 1.54) is 5.56 Å². The Morgan fingerprint density at radius 1 is 1.24 bits per heavy atom. The van der Waals surface area contributed by atoms with E-state index in [0.717, 1.165) is 37.7 Å². The Morgan fingerprint density at radius 2 is 1.82 bits per heavy atom. The minimum atomic E-state index is -0.964. The number of hydrogen-bond donors (Lipinski definition) is 1. The first kappa shape index (κ1) is 12.6. The summed E-state index contributed by atoms with van der Waals surface area (Å²) in [4.78, 5) is 0. The standard InChI is InChI=1S/C15H22FN/c1-12(17)10-13-6-2-3-7-14(13)11-15(16)8-4-5-9-15/h2-3,6-7,12H,4-5,8-11,17H2,1H3. The molecule has 1 unspecified atom stereocenters. The first-order valence-electron chi connectivity index (χ1n) is 6.60. The predicted octanol–water partition coefficient (Wildman–Crippen LogP) is 3.40. The second-order valence-electron chi connectivity index (χ2n) is 5.48. The van der Waals surface area contributed by atoms with Crippen LogP contribution in [0.2, 0.25) is 0 Å². The van der Waals surface area contributed by atoms with Crippen molar-refractivity contribution in [1.82, 2.24) is 0 Å². The average Bonchev–Trinajstić information content (AvgIpc) is 2.67. The van der Waals surface area contributed by atoms with Crippen LogP contribution in [0.3, 0.4) is 0 Å². The molecule has 0 aliphatic heterocycles. The zero-order valence-electron chi connectivity index (χ0n) is 10.6. The van der Waals surface area contributed by atoms with Crippen molar-refractivity contribution in [2.45, 2.75) is 57.2 Å². The summed E-state index contributed by atoms with van der Waals surface area (Å²) in [6.45, 7) is 2.00. The molecule has 0 aromatic heterocycles. The minimum absolute atomic E-state index is 0.135. The van der Waals surface area contributed by atoms with E-state index >= 15 is 0 Å². The van der Waals surface area contributed by atoms with Gasteiger partial charge in [-0.25, -0.2) is 4.39 Å². The summed E-state index contributed by atoms with van der Waals surface area (Å²) >= 11 is 0. The van der Waals surface area contributed by atoms with E-state index in [9.17, 15) is 4.39 Å². The van der Waals surface area contributed by atoms with Gasteiger partial charge in [-0.1, -0.05) is 37.1 Å². The molecule has 1 aliphatic carbocycles. The molecule has 17 heavy (non-hydrogen) atoms. The molecular formula is C15H22FN. The van der Waals surface area contributed by atoms with E-state index in [0.29, 0.717) is 6.42 Å². The molecule has 2 rings (SSSR count). The Hall–Kier alpha value is -0.890. The van der Waals surface area contributed by atoms with E-state index in [1.54, 1.807) is 0 Å². The molecular weight excluding hydrogens is 213 g/mol. The molecule has 1 nitrogen and oxygen atoms in total. The number of halogens is 1. The van der Waals surface area contributed by atoms with Crippen LogP contribution in [-0.2, 0) is 12.8 Å². The molecule has 0 heterocycles. The molecule has 0 spiro atoms. The van der Waals surface area contributed by atoms with Crippen molar-refractivity contribution in [3.05, 3.63) is 35.4 Å². The molecule has 94 valence electrons. The van der Waals surface area contributed by atoms with Crippen LogP contribution in [0.5, 0.6) is 0 Å². The van der Waals surface area contributed by atoms with Crippen molar-refractivity contribution in [3.63, 3.8) is 0 Å². The number of benzene rings is 1. The third kappa shape index (κ3) is 3.29. The molecule has 2 N–H and O–H groups in total. The monoisotopic (exact) mass is 235 g/mol. The van der Waals surface area contributed by atoms with Gasteiger partial charge < -0.3 is 5.73 Å². The lowest BCUT2D eigenvalue weighted by atomic mass is 9.90. The van der Waals surface area contributed by atoms with Gasteiger partial charge in [-0.3, -0.25) is 0 Å². The summed E-state index contributed by atoms with van der Waals surface area (Å²) in [7, 11) is 0. The normalized spacial score (nSPS) is 20.4. The molecule has 1 atom stereocenters. The van der Waals surface area contributed by atoms with Crippen molar-refractivity contribution >= 4 is 0 Å². The van der Waals surface area contributed by atoms with Crippen molar-refractivity contribution in [2.75, 3.05) is 0 Å². The fourth-order valence-electron chi connectivity index (χ4n) is 2.80. The van der Waals surface area contributed by atoms with Gasteiger partial charge in [-0.05, 0) is 37.3 Å². The maximum absolute atomic E-state index is 14.5. The molecule has 1 aliphatic rings. The summed E-state index contributed by atoms with van der Waals surface area (Å²) in [5.74, 6) is 0. The fourth-order valence-corrected chi connectivity index (χ4v) is 2.80. The van der Waals surface area contributed by atoms with Crippen molar-refractivity contribution < 1.29 is 4.39 Å². The van der Waals surface area contributed by atoms with Gasteiger partial charge in [-0.15, -0.1) is 0 Å². The molecule has 1 aromatic carbocycles. The van der Waals surface area contributed by atoms with Crippen LogP contribution in [0.15, 0.2) is 24.3 Å². The summed E-state index contributed by atoms with van der Waals surface area (Å²) in [5.41, 5.74) is 7.24. The van der Waals surface area contributed by atoms with E-state index in [-0.39, 0.29) is 6.04 Å². The van der Waals surface area contributed by atoms with Crippen molar-refractivity contribution in [3.8, 4) is 0 Å². The van der Waals surface area contributed by atoms with Crippen molar-refractivity contribution in [2.24, 2.45) is 5.73 Å². The smallest absolute Gasteiger partial charge is 0.115 e. The van der Waals surface area contributed by atoms with Gasteiger partial charge >= 0.3 is 0 Å². The highest BCUT2D eigenvalue weighted by Gasteiger charge is 2.34. The Balaban J connectivity index is 2.14. The maximum Gasteiger partial charge on any atom is 0.115 e. The third-order valence-corrected chi connectivity index (χ3v) is 3.67. The average molecular weight is 235 g/mol. The quantitative estimate of drug-likeness (QED) is 0.850. The first-order chi connectivity index (χ1) is 8.09. The highest BCUT2D eigenvalue weighted by Crippen LogP contribution is 2.36. The minimum Gasteiger partial charge on any atom is -0.328 e. The predicted molar refractivity (Wildman–Crippen MR) is 69.8 cm³/mol. The zero-order chi connectivity index (χ0) is 12.3. The SMILES string of the molecule is CC(N)Cc1ccccc1CC1(F)CCCC1. The van der Waals surface area contributed by atoms with Crippen LogP contribution < -0.4 is 5.73 Å². The second kappa shape index (κ2) is 5.18. The highest BCUT2D eigenvalue weighted by atomic mass is 19.1. The molecule has 1 fully saturated rings. The van der Waals surface area contributed by atoms with Crippen LogP contribution in [0.1, 0.15) is 43.7 Å². The molecule has 1 aromatic rings. The lowest BCUT2D eigenvalue weighted by molar-refractivity contribution is 0.172. The summed E-state index contributed by atoms with van der Waals surface area (Å²) in [6.07, 6.45) is 4.92. The summed E-state index contributed by atoms with van der Waals surface area (Å²) in [5, 5.41) is 0. The largest absolute Gasteiger partial charge is 0.328 e. The fraction of sp³-hybridized carbons (Fsp3) is 0.600. The number of rotatable bonds is 4. The Morgan fingerprint density at radius 3 is 2.41 bits per heavy atom. The molecule has 2 heteroatoms. The molecule has 0 amide bonds. The summed E-state index contributed by atoms with van der Waals surface area (Å²) < 4.78 is 14.5. The van der Waals surface area contributed by atoms with Gasteiger partial charge in [0.25, 0.3) is 0 Å². The van der Waals surface area contributed by atoms with E-state index < -0.39 is 5.67 Å². The van der Waals surface area contributed by atoms with Gasteiger partial charge in [0.15, 0.2) is 0 Å². The molecule has 0 radical (unpaired) electrons. The van der Waals surface area contributed by atoms with Gasteiger partial charge in [0.05, 0.1) is 0 Å². The van der Waals surface area contributed by atoms with E-state index in [1.807, 2.05) is 19.1 Å². The van der Waals surface area contributed by atoms with Gasteiger partial charge in [-0.2, -0.15) is 0 Å². The maximum atomic E-state index is 14.5. The first-order valence-corrected chi connectivity index (χ1v) is 6.60. The number of alkyl halides is 1. The topological polar surface area (TPSA) is 26.0 Å². The van der Waals surface area contributed by atoms with E-state index in [4.69, 9.17) is 5.73 Å². The van der Waals surface area contributed by atoms with Gasteiger partial charge in [0, 0.05) is 12.5 Å². The summed E-state index contributed by atoms with van der Waals surface area (Å²) in [6, 6.07) is 8.28. The Bertz CT molecular complexity index is 367. The number of hydrogen-bond acceptors (Lipinski definition) is 1. The van der Waals surface area contributed by atoms with Crippen LogP contribution in [0.4, 0.5) is 4.39 Å². The molecule has 1 saturated carbocycles. The van der Waals surface area contributed by atoms with Crippen molar-refractivity contribution in [1.29, 1.82) is 0 Å². The van der Waals surface area contributed by atoms with Gasteiger partial charge in [0.2, 0.25) is 0 Å². The zero-order valence-corrected chi connectivity index (χ0v) is 10.6. The number of nitrogens with two attached hydrogens (primary N) is 1. The second-order valence-corrected chi connectivity index (χ2v) is 5.48. The van der Waals surface area contributed by atoms with Crippen LogP contribution in [-0.4, -0.2) is 11.7 Å². The van der Waals surface area contributed by atoms with Crippen LogP contribution in [0.25, 0.3) is 0 Å². The van der Waals surface area contributed by atoms with Gasteiger partial charge in [0.1, 0.15) is 5.67 Å². The Kier molecular flexibility index (Phi) is 3.82. The lowest BCUT2D eigenvalue weighted by Crippen LogP contribution is -2.24. The Labute approximate surface area is 103 Å². The molecule has 0 bridgehead atoms. The van der Waals surface area contributed by atoms with Crippen LogP contribution in [0, 0.1) is 0 Å². The lowest BCUT2D eigenvalue weighted by Gasteiger charge is -2.21. The van der Waals surface area contributed by atoms with Crippen LogP contribution >= 0.6 is 0 Å². The molecule has 0 saturated heterocycles. The third-order valence-electron chi connectivity index (χ3n) is 3.67.